The van der Waals surface area contributed by atoms with Crippen molar-refractivity contribution in [1.82, 2.24) is 28.7 Å². The summed E-state index contributed by atoms with van der Waals surface area (Å²) in [6.07, 6.45) is 8.17. The number of pyridine rings is 1. The number of aryl methyl sites for hydroxylation is 2. The molecule has 4 aromatic rings. The van der Waals surface area contributed by atoms with Crippen LogP contribution in [0.15, 0.2) is 59.5 Å². The highest BCUT2D eigenvalue weighted by molar-refractivity contribution is 7.91. The number of likely N-dealkylation sites (N-methyl/N-ethyl adjacent to an activating group) is 1. The second kappa shape index (κ2) is 10.8. The van der Waals surface area contributed by atoms with E-state index in [9.17, 15) is 12.8 Å². The van der Waals surface area contributed by atoms with Crippen LogP contribution in [0.5, 0.6) is 0 Å². The zero-order valence-corrected chi connectivity index (χ0v) is 23.3. The van der Waals surface area contributed by atoms with Crippen molar-refractivity contribution >= 4 is 26.5 Å². The lowest BCUT2D eigenvalue weighted by Gasteiger charge is -2.32. The summed E-state index contributed by atoms with van der Waals surface area (Å²) in [7, 11) is -1.59. The molecule has 204 valence electrons. The molecule has 6 rings (SSSR count). The fourth-order valence-electron chi connectivity index (χ4n) is 5.14. The minimum absolute atomic E-state index is 0.219. The first-order valence-electron chi connectivity index (χ1n) is 13.0. The van der Waals surface area contributed by atoms with E-state index in [1.54, 1.807) is 24.7 Å². The van der Waals surface area contributed by atoms with Crippen LogP contribution in [0.2, 0.25) is 0 Å². The Kier molecular flexibility index (Phi) is 7.19. The summed E-state index contributed by atoms with van der Waals surface area (Å²) in [6, 6.07) is 8.52. The minimum Gasteiger partial charge on any atom is -0.345 e. The Morgan fingerprint density at radius 3 is 2.59 bits per heavy atom. The lowest BCUT2D eigenvalue weighted by molar-refractivity contribution is 0.313. The highest BCUT2D eigenvalue weighted by Crippen LogP contribution is 2.34. The third-order valence-electron chi connectivity index (χ3n) is 7.47. The molecule has 0 spiro atoms. The quantitative estimate of drug-likeness (QED) is 0.339. The topological polar surface area (TPSA) is 87.5 Å². The first kappa shape index (κ1) is 26.1. The van der Waals surface area contributed by atoms with Gasteiger partial charge in [0.25, 0.3) is 10.0 Å². The molecule has 0 bridgehead atoms. The maximum atomic E-state index is 13.6. The van der Waals surface area contributed by atoms with Crippen LogP contribution in [0.25, 0.3) is 11.3 Å². The summed E-state index contributed by atoms with van der Waals surface area (Å²) in [5, 5.41) is 0.758. The molecule has 9 nitrogen and oxygen atoms in total. The number of rotatable bonds is 7. The molecule has 0 amide bonds. The van der Waals surface area contributed by atoms with E-state index in [0.717, 1.165) is 65.8 Å². The summed E-state index contributed by atoms with van der Waals surface area (Å²) in [5.41, 5.74) is 4.84. The van der Waals surface area contributed by atoms with Gasteiger partial charge in [0.2, 0.25) is 0 Å². The number of imidazole rings is 1. The first-order chi connectivity index (χ1) is 18.9. The van der Waals surface area contributed by atoms with E-state index in [-0.39, 0.29) is 16.6 Å². The van der Waals surface area contributed by atoms with E-state index in [2.05, 4.69) is 36.4 Å². The van der Waals surface area contributed by atoms with Crippen LogP contribution >= 0.6 is 11.3 Å². The van der Waals surface area contributed by atoms with E-state index < -0.39 is 10.0 Å². The fourth-order valence-corrected chi connectivity index (χ4v) is 7.87. The molecule has 3 aromatic heterocycles. The normalized spacial score (nSPS) is 16.9. The lowest BCUT2D eigenvalue weighted by Crippen LogP contribution is -2.44. The van der Waals surface area contributed by atoms with Crippen LogP contribution < -0.4 is 4.90 Å². The van der Waals surface area contributed by atoms with Gasteiger partial charge in [-0.25, -0.2) is 22.8 Å². The van der Waals surface area contributed by atoms with E-state index >= 15 is 0 Å². The number of aromatic nitrogens is 4. The highest BCUT2D eigenvalue weighted by atomic mass is 32.2. The molecule has 0 radical (unpaired) electrons. The monoisotopic (exact) mass is 567 g/mol. The summed E-state index contributed by atoms with van der Waals surface area (Å²) in [5.74, 6) is -0.243. The van der Waals surface area contributed by atoms with Crippen molar-refractivity contribution in [3.63, 3.8) is 0 Å². The minimum atomic E-state index is -3.68. The van der Waals surface area contributed by atoms with Gasteiger partial charge in [-0.2, -0.15) is 4.31 Å². The van der Waals surface area contributed by atoms with Gasteiger partial charge in [0.05, 0.1) is 36.7 Å². The van der Waals surface area contributed by atoms with Gasteiger partial charge < -0.3 is 14.4 Å². The van der Waals surface area contributed by atoms with Gasteiger partial charge in [0.1, 0.15) is 5.82 Å². The van der Waals surface area contributed by atoms with Gasteiger partial charge in [-0.1, -0.05) is 23.5 Å². The Balaban J connectivity index is 1.19. The van der Waals surface area contributed by atoms with Gasteiger partial charge in [0.15, 0.2) is 9.34 Å². The number of hydrogen-bond acceptors (Lipinski definition) is 8. The average Bonchev–Trinajstić information content (AvgIpc) is 3.63. The van der Waals surface area contributed by atoms with Gasteiger partial charge >= 0.3 is 0 Å². The summed E-state index contributed by atoms with van der Waals surface area (Å²) >= 11 is 1.24. The number of hydrogen-bond donors (Lipinski definition) is 0. The number of nitrogens with zero attached hydrogens (tertiary/aromatic N) is 7. The zero-order valence-electron chi connectivity index (χ0n) is 21.7. The fraction of sp³-hybridized carbons (Fsp3) is 0.370. The molecule has 2 aliphatic heterocycles. The zero-order chi connectivity index (χ0) is 27.0. The highest BCUT2D eigenvalue weighted by Gasteiger charge is 2.32. The molecule has 1 saturated heterocycles. The molecular formula is C27H30FN7O2S2. The second-order valence-corrected chi connectivity index (χ2v) is 13.1. The Bertz CT molecular complexity index is 1560. The predicted molar refractivity (Wildman–Crippen MR) is 149 cm³/mol. The number of fused-ring (bicyclic) bond motifs is 1. The van der Waals surface area contributed by atoms with Crippen molar-refractivity contribution in [3.8, 4) is 11.3 Å². The Morgan fingerprint density at radius 2 is 1.79 bits per heavy atom. The summed E-state index contributed by atoms with van der Waals surface area (Å²) in [6.45, 7) is 4.84. The predicted octanol–water partition coefficient (Wildman–Crippen LogP) is 3.28. The van der Waals surface area contributed by atoms with E-state index in [1.165, 1.54) is 34.0 Å². The maximum Gasteiger partial charge on any atom is 0.254 e. The van der Waals surface area contributed by atoms with Gasteiger partial charge in [-0.05, 0) is 49.2 Å². The number of halogens is 1. The molecule has 1 fully saturated rings. The number of benzene rings is 1. The first-order valence-corrected chi connectivity index (χ1v) is 15.3. The van der Waals surface area contributed by atoms with E-state index in [0.29, 0.717) is 19.5 Å². The lowest BCUT2D eigenvalue weighted by atomic mass is 9.98. The third-order valence-corrected chi connectivity index (χ3v) is 10.8. The smallest absolute Gasteiger partial charge is 0.254 e. The van der Waals surface area contributed by atoms with Crippen molar-refractivity contribution in [2.24, 2.45) is 0 Å². The third kappa shape index (κ3) is 5.33. The van der Waals surface area contributed by atoms with E-state index in [1.807, 2.05) is 12.3 Å². The molecule has 1 aromatic carbocycles. The SMILES string of the molecule is CN1CCN(c2ncc(S(=O)(=O)N3CCc4c(-c5cncn5CCc5ccc(F)cc5)ccnc4C3)s2)CC1. The molecule has 39 heavy (non-hydrogen) atoms. The van der Waals surface area contributed by atoms with Gasteiger partial charge in [0, 0.05) is 51.0 Å². The molecule has 5 heterocycles. The maximum absolute atomic E-state index is 13.6. The standard InChI is InChI=1S/C27H30FN7O2S2/c1-32-12-14-33(15-13-32)27-31-17-26(38-27)39(36,37)35-11-8-22-23(6-9-30-24(22)18-35)25-16-29-19-34(25)10-7-20-2-4-21(28)5-3-20/h2-6,9,16-17,19H,7-8,10-15,18H2,1H3. The van der Waals surface area contributed by atoms with Crippen molar-refractivity contribution in [1.29, 1.82) is 0 Å². The summed E-state index contributed by atoms with van der Waals surface area (Å²) in [4.78, 5) is 17.8. The number of piperazine rings is 1. The number of sulfonamides is 1. The van der Waals surface area contributed by atoms with Crippen molar-refractivity contribution in [2.75, 3.05) is 44.7 Å². The summed E-state index contributed by atoms with van der Waals surface area (Å²) < 4.78 is 44.3. The molecule has 0 aliphatic carbocycles. The van der Waals surface area contributed by atoms with Crippen LogP contribution in [0.1, 0.15) is 16.8 Å². The van der Waals surface area contributed by atoms with Crippen LogP contribution in [-0.4, -0.2) is 76.9 Å². The molecule has 0 atom stereocenters. The van der Waals surface area contributed by atoms with Crippen molar-refractivity contribution < 1.29 is 12.8 Å². The molecule has 0 unspecified atom stereocenters. The van der Waals surface area contributed by atoms with Gasteiger partial charge in [-0.3, -0.25) is 4.98 Å². The van der Waals surface area contributed by atoms with Gasteiger partial charge in [-0.15, -0.1) is 0 Å². The molecule has 0 N–H and O–H groups in total. The number of thiazole rings is 1. The Labute approximate surface area is 231 Å². The second-order valence-electron chi connectivity index (χ2n) is 9.97. The molecular weight excluding hydrogens is 537 g/mol. The van der Waals surface area contributed by atoms with Crippen LogP contribution in [0, 0.1) is 5.82 Å². The largest absolute Gasteiger partial charge is 0.345 e. The average molecular weight is 568 g/mol. The van der Waals surface area contributed by atoms with Crippen LogP contribution in [0.4, 0.5) is 9.52 Å². The van der Waals surface area contributed by atoms with E-state index in [4.69, 9.17) is 0 Å². The molecule has 12 heteroatoms. The Morgan fingerprint density at radius 1 is 1.00 bits per heavy atom. The molecule has 2 aliphatic rings. The van der Waals surface area contributed by atoms with Crippen molar-refractivity contribution in [2.45, 2.75) is 30.1 Å². The Hall–Kier alpha value is -3.19. The van der Waals surface area contributed by atoms with Crippen LogP contribution in [-0.2, 0) is 36.0 Å². The number of anilines is 1. The molecule has 0 saturated carbocycles. The van der Waals surface area contributed by atoms with Crippen molar-refractivity contribution in [3.05, 3.63) is 77.9 Å². The van der Waals surface area contributed by atoms with Crippen LogP contribution in [0.3, 0.4) is 0 Å².